The first kappa shape index (κ1) is 13.2. The lowest BCUT2D eigenvalue weighted by atomic mass is 9.91. The van der Waals surface area contributed by atoms with Crippen LogP contribution in [0.3, 0.4) is 0 Å². The number of fused-ring (bicyclic) bond motifs is 3. The molecular weight excluding hydrogens is 328 g/mol. The number of aromatic nitrogens is 2. The molecule has 0 fully saturated rings. The summed E-state index contributed by atoms with van der Waals surface area (Å²) < 4.78 is 3.36. The molecule has 0 amide bonds. The number of halogens is 1. The SMILES string of the molecule is OCc1ccn(C2CCCc3c2[nH]c2ccc(Br)cc32)c1. The highest BCUT2D eigenvalue weighted by atomic mass is 79.9. The van der Waals surface area contributed by atoms with Crippen molar-refractivity contribution in [3.8, 4) is 0 Å². The molecule has 4 heteroatoms. The van der Waals surface area contributed by atoms with Gasteiger partial charge in [-0.05, 0) is 54.7 Å². The van der Waals surface area contributed by atoms with E-state index in [1.807, 2.05) is 6.07 Å². The van der Waals surface area contributed by atoms with Crippen LogP contribution in [0.25, 0.3) is 10.9 Å². The monoisotopic (exact) mass is 344 g/mol. The molecule has 1 aliphatic rings. The molecule has 0 bridgehead atoms. The number of aromatic amines is 1. The molecule has 1 atom stereocenters. The molecule has 1 aliphatic carbocycles. The third-order valence-corrected chi connectivity index (χ3v) is 4.95. The summed E-state index contributed by atoms with van der Waals surface area (Å²) in [5.41, 5.74) is 4.96. The standard InChI is InChI=1S/C17H17BrN2O/c18-12-4-5-15-14(8-12)13-2-1-3-16(17(13)19-15)20-7-6-11(9-20)10-21/h4-9,16,19,21H,1-3,10H2. The van der Waals surface area contributed by atoms with Gasteiger partial charge in [0.15, 0.2) is 0 Å². The van der Waals surface area contributed by atoms with Crippen molar-refractivity contribution in [3.63, 3.8) is 0 Å². The predicted octanol–water partition coefficient (Wildman–Crippen LogP) is 4.15. The highest BCUT2D eigenvalue weighted by Gasteiger charge is 2.25. The Morgan fingerprint density at radius 1 is 1.33 bits per heavy atom. The van der Waals surface area contributed by atoms with Gasteiger partial charge in [0, 0.05) is 33.5 Å². The molecule has 0 spiro atoms. The highest BCUT2D eigenvalue weighted by molar-refractivity contribution is 9.10. The van der Waals surface area contributed by atoms with Crippen LogP contribution >= 0.6 is 15.9 Å². The van der Waals surface area contributed by atoms with Crippen molar-refractivity contribution in [2.24, 2.45) is 0 Å². The molecule has 3 nitrogen and oxygen atoms in total. The topological polar surface area (TPSA) is 41.0 Å². The highest BCUT2D eigenvalue weighted by Crippen LogP contribution is 2.37. The van der Waals surface area contributed by atoms with E-state index in [4.69, 9.17) is 0 Å². The van der Waals surface area contributed by atoms with Gasteiger partial charge in [-0.1, -0.05) is 15.9 Å². The molecule has 0 saturated carbocycles. The number of nitrogens with one attached hydrogen (secondary N) is 1. The molecule has 0 aliphatic heterocycles. The predicted molar refractivity (Wildman–Crippen MR) is 87.4 cm³/mol. The van der Waals surface area contributed by atoms with E-state index in [1.165, 1.54) is 28.6 Å². The second-order valence-corrected chi connectivity index (χ2v) is 6.66. The summed E-state index contributed by atoms with van der Waals surface area (Å²) in [6.07, 6.45) is 7.61. The third-order valence-electron chi connectivity index (χ3n) is 4.46. The zero-order valence-corrected chi connectivity index (χ0v) is 13.2. The maximum absolute atomic E-state index is 9.26. The molecule has 108 valence electrons. The van der Waals surface area contributed by atoms with Crippen LogP contribution in [-0.4, -0.2) is 14.7 Å². The molecule has 0 saturated heterocycles. The molecule has 4 rings (SSSR count). The first-order chi connectivity index (χ1) is 10.3. The van der Waals surface area contributed by atoms with Crippen molar-refractivity contribution < 1.29 is 5.11 Å². The fourth-order valence-electron chi connectivity index (χ4n) is 3.46. The van der Waals surface area contributed by atoms with Crippen LogP contribution in [0, 0.1) is 0 Å². The van der Waals surface area contributed by atoms with Crippen molar-refractivity contribution >= 4 is 26.8 Å². The Bertz CT molecular complexity index is 802. The quantitative estimate of drug-likeness (QED) is 0.720. The van der Waals surface area contributed by atoms with Gasteiger partial charge in [0.25, 0.3) is 0 Å². The Morgan fingerprint density at radius 3 is 3.05 bits per heavy atom. The van der Waals surface area contributed by atoms with Crippen molar-refractivity contribution in [1.82, 2.24) is 9.55 Å². The number of rotatable bonds is 2. The van der Waals surface area contributed by atoms with E-state index in [2.05, 4.69) is 56.1 Å². The van der Waals surface area contributed by atoms with E-state index in [0.717, 1.165) is 22.9 Å². The average molecular weight is 345 g/mol. The number of aliphatic hydroxyl groups is 1. The van der Waals surface area contributed by atoms with Crippen LogP contribution in [-0.2, 0) is 13.0 Å². The minimum atomic E-state index is 0.103. The molecule has 0 radical (unpaired) electrons. The first-order valence-corrected chi connectivity index (χ1v) is 8.13. The first-order valence-electron chi connectivity index (χ1n) is 7.33. The lowest BCUT2D eigenvalue weighted by molar-refractivity contribution is 0.281. The Hall–Kier alpha value is -1.52. The summed E-state index contributed by atoms with van der Waals surface area (Å²) >= 11 is 3.57. The number of hydrogen-bond donors (Lipinski definition) is 2. The van der Waals surface area contributed by atoms with Crippen LogP contribution in [0.15, 0.2) is 41.1 Å². The number of H-pyrrole nitrogens is 1. The zero-order valence-electron chi connectivity index (χ0n) is 11.6. The third kappa shape index (κ3) is 2.14. The number of aryl methyl sites for hydroxylation is 1. The Labute approximate surface area is 131 Å². The molecule has 1 unspecified atom stereocenters. The van der Waals surface area contributed by atoms with Gasteiger partial charge in [0.2, 0.25) is 0 Å². The van der Waals surface area contributed by atoms with Crippen molar-refractivity contribution in [3.05, 3.63) is 58.0 Å². The van der Waals surface area contributed by atoms with E-state index in [-0.39, 0.29) is 6.61 Å². The van der Waals surface area contributed by atoms with Crippen LogP contribution in [0.1, 0.15) is 35.7 Å². The van der Waals surface area contributed by atoms with Crippen LogP contribution in [0.5, 0.6) is 0 Å². The average Bonchev–Trinajstić information content (AvgIpc) is 3.11. The van der Waals surface area contributed by atoms with Gasteiger partial charge in [-0.3, -0.25) is 0 Å². The van der Waals surface area contributed by atoms with Gasteiger partial charge in [0.1, 0.15) is 0 Å². The molecule has 2 aromatic heterocycles. The molecule has 21 heavy (non-hydrogen) atoms. The number of nitrogens with zero attached hydrogens (tertiary/aromatic N) is 1. The maximum atomic E-state index is 9.26. The summed E-state index contributed by atoms with van der Waals surface area (Å²) in [6, 6.07) is 8.78. The van der Waals surface area contributed by atoms with E-state index in [1.54, 1.807) is 0 Å². The smallest absolute Gasteiger partial charge is 0.0732 e. The largest absolute Gasteiger partial charge is 0.392 e. The molecular formula is C17H17BrN2O. The summed E-state index contributed by atoms with van der Waals surface area (Å²) in [5.74, 6) is 0. The van der Waals surface area contributed by atoms with Crippen molar-refractivity contribution in [2.75, 3.05) is 0 Å². The lowest BCUT2D eigenvalue weighted by Gasteiger charge is -2.24. The van der Waals surface area contributed by atoms with E-state index >= 15 is 0 Å². The summed E-state index contributed by atoms with van der Waals surface area (Å²) in [4.78, 5) is 3.61. The van der Waals surface area contributed by atoms with E-state index in [0.29, 0.717) is 6.04 Å². The van der Waals surface area contributed by atoms with Crippen molar-refractivity contribution in [1.29, 1.82) is 0 Å². The van der Waals surface area contributed by atoms with Crippen LogP contribution in [0.2, 0.25) is 0 Å². The Kier molecular flexibility index (Phi) is 3.16. The molecule has 1 aromatic carbocycles. The summed E-state index contributed by atoms with van der Waals surface area (Å²) in [5, 5.41) is 10.6. The van der Waals surface area contributed by atoms with Gasteiger partial charge in [-0.25, -0.2) is 0 Å². The zero-order chi connectivity index (χ0) is 14.4. The van der Waals surface area contributed by atoms with E-state index in [9.17, 15) is 5.11 Å². The van der Waals surface area contributed by atoms with Crippen LogP contribution in [0.4, 0.5) is 0 Å². The van der Waals surface area contributed by atoms with Gasteiger partial charge >= 0.3 is 0 Å². The lowest BCUT2D eigenvalue weighted by Crippen LogP contribution is -2.15. The summed E-state index contributed by atoms with van der Waals surface area (Å²) in [7, 11) is 0. The Morgan fingerprint density at radius 2 is 2.24 bits per heavy atom. The van der Waals surface area contributed by atoms with Gasteiger partial charge < -0.3 is 14.7 Å². The fourth-order valence-corrected chi connectivity index (χ4v) is 3.82. The normalized spacial score (nSPS) is 18.1. The molecule has 2 N–H and O–H groups in total. The minimum absolute atomic E-state index is 0.103. The maximum Gasteiger partial charge on any atom is 0.0732 e. The van der Waals surface area contributed by atoms with Crippen molar-refractivity contribution in [2.45, 2.75) is 31.9 Å². The molecule has 3 aromatic rings. The second-order valence-electron chi connectivity index (χ2n) is 5.74. The van der Waals surface area contributed by atoms with Gasteiger partial charge in [0.05, 0.1) is 12.6 Å². The summed E-state index contributed by atoms with van der Waals surface area (Å²) in [6.45, 7) is 0.103. The van der Waals surface area contributed by atoms with Crippen LogP contribution < -0.4 is 0 Å². The minimum Gasteiger partial charge on any atom is -0.392 e. The molecule has 2 heterocycles. The fraction of sp³-hybridized carbons (Fsp3) is 0.294. The second kappa shape index (κ2) is 5.04. The number of aliphatic hydroxyl groups excluding tert-OH is 1. The Balaban J connectivity index is 1.85. The van der Waals surface area contributed by atoms with E-state index < -0.39 is 0 Å². The van der Waals surface area contributed by atoms with Gasteiger partial charge in [-0.2, -0.15) is 0 Å². The number of hydrogen-bond acceptors (Lipinski definition) is 1. The van der Waals surface area contributed by atoms with Gasteiger partial charge in [-0.15, -0.1) is 0 Å². The number of benzene rings is 1.